The molecule has 7 heteroatoms. The molecule has 92 valence electrons. The van der Waals surface area contributed by atoms with E-state index in [-0.39, 0.29) is 11.9 Å². The molecule has 0 aliphatic rings. The number of anilines is 1. The van der Waals surface area contributed by atoms with Crippen molar-refractivity contribution >= 4 is 16.0 Å². The summed E-state index contributed by atoms with van der Waals surface area (Å²) >= 11 is 0. The molecule has 0 saturated carbocycles. The predicted molar refractivity (Wildman–Crippen MR) is 64.4 cm³/mol. The van der Waals surface area contributed by atoms with Crippen molar-refractivity contribution in [1.29, 1.82) is 5.26 Å². The Kier molecular flexibility index (Phi) is 4.04. The van der Waals surface area contributed by atoms with Gasteiger partial charge in [0.15, 0.2) is 0 Å². The van der Waals surface area contributed by atoms with E-state index in [0.29, 0.717) is 5.56 Å². The Morgan fingerprint density at radius 2 is 2.12 bits per heavy atom. The van der Waals surface area contributed by atoms with E-state index in [1.807, 2.05) is 6.07 Å². The molecular weight excluding hydrogens is 240 g/mol. The number of hydrogen-bond donors (Lipinski definition) is 1. The normalized spacial score (nSPS) is 11.5. The van der Waals surface area contributed by atoms with Gasteiger partial charge in [0.25, 0.3) is 0 Å². The van der Waals surface area contributed by atoms with Gasteiger partial charge in [0, 0.05) is 19.3 Å². The predicted octanol–water partition coefficient (Wildman–Crippen LogP) is 0.950. The van der Waals surface area contributed by atoms with Crippen molar-refractivity contribution in [2.24, 2.45) is 0 Å². The first-order chi connectivity index (χ1) is 7.86. The number of nitriles is 1. The van der Waals surface area contributed by atoms with Gasteiger partial charge in [0.05, 0.1) is 5.56 Å². The van der Waals surface area contributed by atoms with E-state index < -0.39 is 10.2 Å². The van der Waals surface area contributed by atoms with E-state index in [9.17, 15) is 8.42 Å². The number of nitrogens with zero attached hydrogens (tertiary/aromatic N) is 3. The van der Waals surface area contributed by atoms with Crippen molar-refractivity contribution in [3.05, 3.63) is 23.9 Å². The van der Waals surface area contributed by atoms with Crippen LogP contribution < -0.4 is 4.72 Å². The van der Waals surface area contributed by atoms with Gasteiger partial charge in [-0.1, -0.05) is 0 Å². The fourth-order valence-corrected chi connectivity index (χ4v) is 2.09. The molecule has 0 radical (unpaired) electrons. The molecule has 0 fully saturated rings. The van der Waals surface area contributed by atoms with Gasteiger partial charge in [0.2, 0.25) is 0 Å². The molecule has 1 rings (SSSR count). The summed E-state index contributed by atoms with van der Waals surface area (Å²) in [5, 5.41) is 8.59. The Morgan fingerprint density at radius 3 is 2.53 bits per heavy atom. The highest BCUT2D eigenvalue weighted by molar-refractivity contribution is 7.90. The lowest BCUT2D eigenvalue weighted by atomic mass is 10.3. The third-order valence-corrected chi connectivity index (χ3v) is 3.88. The summed E-state index contributed by atoms with van der Waals surface area (Å²) in [6, 6.07) is 4.71. The molecule has 0 bridgehead atoms. The number of rotatable bonds is 4. The molecule has 6 nitrogen and oxygen atoms in total. The molecule has 0 amide bonds. The van der Waals surface area contributed by atoms with Crippen LogP contribution in [0.25, 0.3) is 0 Å². The fourth-order valence-electron chi connectivity index (χ4n) is 1.00. The zero-order valence-electron chi connectivity index (χ0n) is 9.88. The second kappa shape index (κ2) is 5.12. The molecule has 0 aromatic carbocycles. The van der Waals surface area contributed by atoms with Crippen LogP contribution in [0.2, 0.25) is 0 Å². The number of aromatic nitrogens is 1. The van der Waals surface area contributed by atoms with Crippen LogP contribution in [0.4, 0.5) is 5.82 Å². The Labute approximate surface area is 101 Å². The second-order valence-electron chi connectivity index (χ2n) is 3.76. The Bertz CT molecular complexity index is 516. The van der Waals surface area contributed by atoms with Crippen LogP contribution in [0.1, 0.15) is 19.4 Å². The first-order valence-electron chi connectivity index (χ1n) is 4.98. The molecule has 0 aliphatic carbocycles. The monoisotopic (exact) mass is 254 g/mol. The molecule has 1 aromatic heterocycles. The van der Waals surface area contributed by atoms with Gasteiger partial charge in [-0.3, -0.25) is 4.72 Å². The third-order valence-electron chi connectivity index (χ3n) is 2.23. The van der Waals surface area contributed by atoms with Gasteiger partial charge in [-0.25, -0.2) is 4.98 Å². The molecule has 17 heavy (non-hydrogen) atoms. The lowest BCUT2D eigenvalue weighted by molar-refractivity contribution is 0.414. The number of pyridine rings is 1. The van der Waals surface area contributed by atoms with Gasteiger partial charge in [-0.05, 0) is 26.0 Å². The quantitative estimate of drug-likeness (QED) is 0.866. The molecule has 0 spiro atoms. The average Bonchev–Trinajstić information content (AvgIpc) is 2.28. The minimum atomic E-state index is -3.59. The summed E-state index contributed by atoms with van der Waals surface area (Å²) < 4.78 is 27.1. The smallest absolute Gasteiger partial charge is 0.254 e. The first-order valence-corrected chi connectivity index (χ1v) is 6.42. The SMILES string of the molecule is CC(C)N(C)S(=O)(=O)Nc1ccc(C#N)cn1. The zero-order chi connectivity index (χ0) is 13.1. The maximum Gasteiger partial charge on any atom is 0.302 e. The van der Waals surface area contributed by atoms with Gasteiger partial charge >= 0.3 is 10.2 Å². The summed E-state index contributed by atoms with van der Waals surface area (Å²) in [5.74, 6) is 0.191. The fraction of sp³-hybridized carbons (Fsp3) is 0.400. The lowest BCUT2D eigenvalue weighted by Crippen LogP contribution is -2.37. The highest BCUT2D eigenvalue weighted by atomic mass is 32.2. The van der Waals surface area contributed by atoms with Crippen LogP contribution in [-0.4, -0.2) is 30.8 Å². The maximum absolute atomic E-state index is 11.8. The molecule has 1 N–H and O–H groups in total. The van der Waals surface area contributed by atoms with Gasteiger partial charge < -0.3 is 0 Å². The topological polar surface area (TPSA) is 86.1 Å². The summed E-state index contributed by atoms with van der Waals surface area (Å²) in [7, 11) is -2.11. The minimum absolute atomic E-state index is 0.147. The van der Waals surface area contributed by atoms with Crippen LogP contribution in [-0.2, 0) is 10.2 Å². The largest absolute Gasteiger partial charge is 0.302 e. The summed E-state index contributed by atoms with van der Waals surface area (Å²) in [5.41, 5.74) is 0.380. The van der Waals surface area contributed by atoms with Crippen LogP contribution >= 0.6 is 0 Å². The Balaban J connectivity index is 2.87. The van der Waals surface area contributed by atoms with Crippen molar-refractivity contribution in [3.8, 4) is 6.07 Å². The zero-order valence-corrected chi connectivity index (χ0v) is 10.7. The number of nitrogens with one attached hydrogen (secondary N) is 1. The molecule has 0 aliphatic heterocycles. The average molecular weight is 254 g/mol. The van der Waals surface area contributed by atoms with Gasteiger partial charge in [-0.15, -0.1) is 0 Å². The van der Waals surface area contributed by atoms with E-state index >= 15 is 0 Å². The highest BCUT2D eigenvalue weighted by Crippen LogP contribution is 2.10. The maximum atomic E-state index is 11.8. The first kappa shape index (κ1) is 13.4. The molecule has 0 atom stereocenters. The van der Waals surface area contributed by atoms with Gasteiger partial charge in [-0.2, -0.15) is 18.0 Å². The highest BCUT2D eigenvalue weighted by Gasteiger charge is 2.20. The second-order valence-corrected chi connectivity index (χ2v) is 5.49. The summed E-state index contributed by atoms with van der Waals surface area (Å²) in [4.78, 5) is 3.84. The van der Waals surface area contributed by atoms with Crippen molar-refractivity contribution < 1.29 is 8.42 Å². The van der Waals surface area contributed by atoms with E-state index in [4.69, 9.17) is 5.26 Å². The Hall–Kier alpha value is -1.65. The third kappa shape index (κ3) is 3.41. The van der Waals surface area contributed by atoms with E-state index in [1.54, 1.807) is 13.8 Å². The van der Waals surface area contributed by atoms with Crippen molar-refractivity contribution in [1.82, 2.24) is 9.29 Å². The molecular formula is C10H14N4O2S. The molecule has 1 heterocycles. The standard InChI is InChI=1S/C10H14N4O2S/c1-8(2)14(3)17(15,16)13-10-5-4-9(6-11)7-12-10/h4-5,7-8H,1-3H3,(H,12,13). The number of hydrogen-bond acceptors (Lipinski definition) is 4. The van der Waals surface area contributed by atoms with Gasteiger partial charge in [0.1, 0.15) is 11.9 Å². The summed E-state index contributed by atoms with van der Waals surface area (Å²) in [6.07, 6.45) is 1.31. The van der Waals surface area contributed by atoms with Crippen LogP contribution in [0, 0.1) is 11.3 Å². The van der Waals surface area contributed by atoms with E-state index in [0.717, 1.165) is 0 Å². The van der Waals surface area contributed by atoms with Crippen molar-refractivity contribution in [3.63, 3.8) is 0 Å². The molecule has 0 saturated heterocycles. The van der Waals surface area contributed by atoms with E-state index in [2.05, 4.69) is 9.71 Å². The van der Waals surface area contributed by atoms with E-state index in [1.165, 1.54) is 29.7 Å². The summed E-state index contributed by atoms with van der Waals surface area (Å²) in [6.45, 7) is 3.54. The van der Waals surface area contributed by atoms with Crippen LogP contribution in [0.15, 0.2) is 18.3 Å². The van der Waals surface area contributed by atoms with Crippen molar-refractivity contribution in [2.45, 2.75) is 19.9 Å². The van der Waals surface area contributed by atoms with Crippen LogP contribution in [0.3, 0.4) is 0 Å². The van der Waals surface area contributed by atoms with Crippen molar-refractivity contribution in [2.75, 3.05) is 11.8 Å². The Morgan fingerprint density at radius 1 is 1.47 bits per heavy atom. The molecule has 1 aromatic rings. The molecule has 0 unspecified atom stereocenters. The minimum Gasteiger partial charge on any atom is -0.254 e. The lowest BCUT2D eigenvalue weighted by Gasteiger charge is -2.21. The van der Waals surface area contributed by atoms with Crippen LogP contribution in [0.5, 0.6) is 0 Å².